The van der Waals surface area contributed by atoms with E-state index in [0.717, 1.165) is 6.42 Å². The summed E-state index contributed by atoms with van der Waals surface area (Å²) in [5.41, 5.74) is 1.87. The van der Waals surface area contributed by atoms with E-state index in [1.54, 1.807) is 0 Å². The zero-order chi connectivity index (χ0) is 12.6. The molecule has 0 saturated carbocycles. The number of allylic oxidation sites excluding steroid dienone is 2. The number of aliphatic hydroxyl groups excluding tert-OH is 1. The fourth-order valence-corrected chi connectivity index (χ4v) is 3.14. The molecule has 0 aromatic carbocycles. The Morgan fingerprint density at radius 3 is 1.94 bits per heavy atom. The van der Waals surface area contributed by atoms with E-state index in [1.165, 1.54) is 5.57 Å². The van der Waals surface area contributed by atoms with Crippen molar-refractivity contribution in [1.82, 2.24) is 0 Å². The monoisotopic (exact) mass is 222 g/mol. The van der Waals surface area contributed by atoms with E-state index in [0.29, 0.717) is 5.92 Å². The lowest BCUT2D eigenvalue weighted by atomic mass is 9.62. The van der Waals surface area contributed by atoms with Crippen LogP contribution in [0.5, 0.6) is 0 Å². The number of rotatable bonds is 1. The predicted molar refractivity (Wildman–Crippen MR) is 70.2 cm³/mol. The first-order valence-corrected chi connectivity index (χ1v) is 6.18. The minimum Gasteiger partial charge on any atom is -0.389 e. The zero-order valence-corrected chi connectivity index (χ0v) is 11.5. The first kappa shape index (κ1) is 13.5. The Balaban J connectivity index is 3.01. The van der Waals surface area contributed by atoms with Crippen LogP contribution in [0.1, 0.15) is 48.0 Å². The summed E-state index contributed by atoms with van der Waals surface area (Å²) in [7, 11) is 0. The summed E-state index contributed by atoms with van der Waals surface area (Å²) in [6.45, 7) is 13.8. The SMILES string of the molecule is CC(C)(C)C(C1=CCC(O)C=C1)C(C)(C)C. The molecule has 0 fully saturated rings. The van der Waals surface area contributed by atoms with Gasteiger partial charge in [0.05, 0.1) is 6.10 Å². The average Bonchev–Trinajstić information content (AvgIpc) is 2.03. The molecule has 1 nitrogen and oxygen atoms in total. The average molecular weight is 222 g/mol. The maximum Gasteiger partial charge on any atom is 0.0758 e. The van der Waals surface area contributed by atoms with Crippen LogP contribution in [0, 0.1) is 16.7 Å². The summed E-state index contributed by atoms with van der Waals surface area (Å²) in [6.07, 6.45) is 6.69. The second-order valence-corrected chi connectivity index (χ2v) is 7.03. The molecule has 0 aromatic rings. The van der Waals surface area contributed by atoms with Crippen LogP contribution in [0.2, 0.25) is 0 Å². The molecule has 0 radical (unpaired) electrons. The van der Waals surface area contributed by atoms with Crippen LogP contribution in [0.15, 0.2) is 23.8 Å². The molecule has 1 atom stereocenters. The quantitative estimate of drug-likeness (QED) is 0.712. The Morgan fingerprint density at radius 2 is 1.62 bits per heavy atom. The Morgan fingerprint density at radius 1 is 1.12 bits per heavy atom. The van der Waals surface area contributed by atoms with Crippen LogP contribution in [0.4, 0.5) is 0 Å². The van der Waals surface area contributed by atoms with Gasteiger partial charge in [0.15, 0.2) is 0 Å². The molecule has 1 aliphatic carbocycles. The van der Waals surface area contributed by atoms with Gasteiger partial charge in [0.1, 0.15) is 0 Å². The summed E-state index contributed by atoms with van der Waals surface area (Å²) in [5, 5.41) is 9.48. The first-order valence-electron chi connectivity index (χ1n) is 6.18. The van der Waals surface area contributed by atoms with Crippen LogP contribution in [-0.4, -0.2) is 11.2 Å². The van der Waals surface area contributed by atoms with Gasteiger partial charge in [-0.3, -0.25) is 0 Å². The van der Waals surface area contributed by atoms with Crippen LogP contribution in [0.3, 0.4) is 0 Å². The molecule has 1 rings (SSSR count). The van der Waals surface area contributed by atoms with Crippen LogP contribution in [-0.2, 0) is 0 Å². The van der Waals surface area contributed by atoms with Crippen molar-refractivity contribution in [3.05, 3.63) is 23.8 Å². The lowest BCUT2D eigenvalue weighted by Gasteiger charge is -2.42. The third-order valence-electron chi connectivity index (χ3n) is 3.17. The lowest BCUT2D eigenvalue weighted by molar-refractivity contribution is 0.138. The lowest BCUT2D eigenvalue weighted by Crippen LogP contribution is -2.34. The summed E-state index contributed by atoms with van der Waals surface area (Å²) in [6, 6.07) is 0. The predicted octanol–water partition coefficient (Wildman–Crippen LogP) is 3.94. The Labute approximate surface area is 100 Å². The van der Waals surface area contributed by atoms with Gasteiger partial charge in [-0.05, 0) is 28.7 Å². The smallest absolute Gasteiger partial charge is 0.0758 e. The van der Waals surface area contributed by atoms with Gasteiger partial charge in [-0.15, -0.1) is 0 Å². The van der Waals surface area contributed by atoms with Crippen molar-refractivity contribution < 1.29 is 5.11 Å². The molecule has 16 heavy (non-hydrogen) atoms. The van der Waals surface area contributed by atoms with Crippen molar-refractivity contribution in [2.24, 2.45) is 16.7 Å². The van der Waals surface area contributed by atoms with Gasteiger partial charge in [0, 0.05) is 0 Å². The number of hydrogen-bond donors (Lipinski definition) is 1. The fourth-order valence-electron chi connectivity index (χ4n) is 3.14. The van der Waals surface area contributed by atoms with Crippen LogP contribution >= 0.6 is 0 Å². The second-order valence-electron chi connectivity index (χ2n) is 7.03. The van der Waals surface area contributed by atoms with E-state index in [2.05, 4.69) is 53.7 Å². The molecule has 1 aliphatic rings. The highest BCUT2D eigenvalue weighted by molar-refractivity contribution is 5.29. The molecule has 0 saturated heterocycles. The molecular formula is C15H26O. The molecule has 1 N–H and O–H groups in total. The van der Waals surface area contributed by atoms with E-state index in [-0.39, 0.29) is 16.9 Å². The van der Waals surface area contributed by atoms with Gasteiger partial charge in [0.25, 0.3) is 0 Å². The van der Waals surface area contributed by atoms with Crippen molar-refractivity contribution >= 4 is 0 Å². The van der Waals surface area contributed by atoms with Gasteiger partial charge in [-0.25, -0.2) is 0 Å². The second kappa shape index (κ2) is 4.37. The largest absolute Gasteiger partial charge is 0.389 e. The Kier molecular flexibility index (Phi) is 3.69. The highest BCUT2D eigenvalue weighted by atomic mass is 16.3. The van der Waals surface area contributed by atoms with Crippen LogP contribution < -0.4 is 0 Å². The van der Waals surface area contributed by atoms with Crippen molar-refractivity contribution in [2.75, 3.05) is 0 Å². The fraction of sp³-hybridized carbons (Fsp3) is 0.733. The van der Waals surface area contributed by atoms with E-state index in [4.69, 9.17) is 0 Å². The third kappa shape index (κ3) is 3.21. The number of hydrogen-bond acceptors (Lipinski definition) is 1. The molecule has 0 spiro atoms. The summed E-state index contributed by atoms with van der Waals surface area (Å²) >= 11 is 0. The van der Waals surface area contributed by atoms with E-state index >= 15 is 0 Å². The summed E-state index contributed by atoms with van der Waals surface area (Å²) in [5.74, 6) is 0.517. The van der Waals surface area contributed by atoms with E-state index in [1.807, 2.05) is 6.08 Å². The third-order valence-corrected chi connectivity index (χ3v) is 3.17. The van der Waals surface area contributed by atoms with Crippen molar-refractivity contribution in [3.8, 4) is 0 Å². The molecular weight excluding hydrogens is 196 g/mol. The van der Waals surface area contributed by atoms with Crippen LogP contribution in [0.25, 0.3) is 0 Å². The molecule has 0 aliphatic heterocycles. The van der Waals surface area contributed by atoms with Gasteiger partial charge in [-0.1, -0.05) is 59.8 Å². The summed E-state index contributed by atoms with van der Waals surface area (Å²) in [4.78, 5) is 0. The zero-order valence-electron chi connectivity index (χ0n) is 11.5. The number of aliphatic hydroxyl groups is 1. The summed E-state index contributed by atoms with van der Waals surface area (Å²) < 4.78 is 0. The molecule has 0 aromatic heterocycles. The van der Waals surface area contributed by atoms with Crippen molar-refractivity contribution in [1.29, 1.82) is 0 Å². The normalized spacial score (nSPS) is 22.5. The van der Waals surface area contributed by atoms with Gasteiger partial charge >= 0.3 is 0 Å². The molecule has 0 heterocycles. The van der Waals surface area contributed by atoms with Gasteiger partial charge in [0.2, 0.25) is 0 Å². The standard InChI is InChI=1S/C15H26O/c1-14(2,3)13(15(4,5)6)11-7-9-12(16)10-8-11/h7-9,12-13,16H,10H2,1-6H3. The van der Waals surface area contributed by atoms with E-state index < -0.39 is 0 Å². The highest BCUT2D eigenvalue weighted by Gasteiger charge is 2.36. The van der Waals surface area contributed by atoms with Gasteiger partial charge in [-0.2, -0.15) is 0 Å². The Bertz CT molecular complexity index is 282. The van der Waals surface area contributed by atoms with E-state index in [9.17, 15) is 5.11 Å². The molecule has 0 amide bonds. The topological polar surface area (TPSA) is 20.2 Å². The van der Waals surface area contributed by atoms with Gasteiger partial charge < -0.3 is 5.11 Å². The minimum absolute atomic E-state index is 0.247. The maximum absolute atomic E-state index is 9.48. The first-order chi connectivity index (χ1) is 7.12. The minimum atomic E-state index is -0.288. The molecule has 0 bridgehead atoms. The molecule has 1 heteroatoms. The van der Waals surface area contributed by atoms with Crippen molar-refractivity contribution in [3.63, 3.8) is 0 Å². The molecule has 1 unspecified atom stereocenters. The van der Waals surface area contributed by atoms with Crippen molar-refractivity contribution in [2.45, 2.75) is 54.1 Å². The highest BCUT2D eigenvalue weighted by Crippen LogP contribution is 2.45. The molecule has 92 valence electrons. The maximum atomic E-state index is 9.48. The Hall–Kier alpha value is -0.560.